The highest BCUT2D eigenvalue weighted by atomic mass is 35.5. The standard InChI is InChI=1S/C28H24Cl2N2O5/c1-14-7-6-10-18(22(14)33)21-16-11-12-17-20(24(35)32(23(17)34)15-8-4-3-5-9-15)19(16)13-27(29)25(36)31(2)26(37)28(21,27)30/h3-11,17,19-21,33H,12-13H2,1-2H3/t17-,19+,20-,21+,27+,28-/m0/s1. The second-order valence-electron chi connectivity index (χ2n) is 10.4. The molecule has 2 aliphatic carbocycles. The normalized spacial score (nSPS) is 34.9. The fourth-order valence-electron chi connectivity index (χ4n) is 6.84. The average molecular weight is 539 g/mol. The Bertz CT molecular complexity index is 1420. The first-order chi connectivity index (χ1) is 17.5. The molecule has 6 rings (SSSR count). The molecule has 7 nitrogen and oxygen atoms in total. The van der Waals surface area contributed by atoms with Crippen LogP contribution in [0.1, 0.15) is 29.9 Å². The summed E-state index contributed by atoms with van der Waals surface area (Å²) in [6.45, 7) is 1.73. The number of rotatable bonds is 2. The summed E-state index contributed by atoms with van der Waals surface area (Å²) in [7, 11) is 1.34. The Morgan fingerprint density at radius 2 is 1.62 bits per heavy atom. The van der Waals surface area contributed by atoms with Gasteiger partial charge in [-0.05, 0) is 43.4 Å². The van der Waals surface area contributed by atoms with Gasteiger partial charge in [-0.2, -0.15) is 0 Å². The number of fused-ring (bicyclic) bond motifs is 4. The lowest BCUT2D eigenvalue weighted by Crippen LogP contribution is -2.60. The van der Waals surface area contributed by atoms with Crippen molar-refractivity contribution in [1.82, 2.24) is 4.90 Å². The van der Waals surface area contributed by atoms with Crippen molar-refractivity contribution in [2.75, 3.05) is 11.9 Å². The Kier molecular flexibility index (Phi) is 5.18. The van der Waals surface area contributed by atoms with Crippen LogP contribution in [0, 0.1) is 24.7 Å². The molecule has 1 saturated carbocycles. The lowest BCUT2D eigenvalue weighted by molar-refractivity contribution is -0.138. The number of allylic oxidation sites excluding steroid dienone is 2. The van der Waals surface area contributed by atoms with Gasteiger partial charge in [-0.1, -0.05) is 48.0 Å². The van der Waals surface area contributed by atoms with Gasteiger partial charge in [-0.25, -0.2) is 0 Å². The van der Waals surface area contributed by atoms with E-state index in [1.54, 1.807) is 55.5 Å². The van der Waals surface area contributed by atoms with Gasteiger partial charge in [0.15, 0.2) is 9.75 Å². The Labute approximate surface area is 223 Å². The molecular formula is C28H24Cl2N2O5. The number of carbonyl (C=O) groups excluding carboxylic acids is 4. The van der Waals surface area contributed by atoms with E-state index in [0.29, 0.717) is 22.4 Å². The molecule has 4 amide bonds. The van der Waals surface area contributed by atoms with Gasteiger partial charge in [0, 0.05) is 18.5 Å². The summed E-state index contributed by atoms with van der Waals surface area (Å²) in [6.07, 6.45) is 2.05. The van der Waals surface area contributed by atoms with Crippen molar-refractivity contribution in [2.45, 2.75) is 35.4 Å². The third-order valence-corrected chi connectivity index (χ3v) is 10.0. The first-order valence-electron chi connectivity index (χ1n) is 12.2. The number of hydrogen-bond acceptors (Lipinski definition) is 5. The number of hydrogen-bond donors (Lipinski definition) is 1. The molecule has 0 radical (unpaired) electrons. The van der Waals surface area contributed by atoms with Crippen molar-refractivity contribution in [3.8, 4) is 5.75 Å². The molecule has 1 N–H and O–H groups in total. The summed E-state index contributed by atoms with van der Waals surface area (Å²) in [5.41, 5.74) is 2.07. The molecule has 2 aromatic rings. The van der Waals surface area contributed by atoms with Gasteiger partial charge in [-0.3, -0.25) is 29.0 Å². The van der Waals surface area contributed by atoms with Crippen molar-refractivity contribution >= 4 is 52.5 Å². The van der Waals surface area contributed by atoms with E-state index >= 15 is 0 Å². The van der Waals surface area contributed by atoms with Gasteiger partial charge < -0.3 is 5.11 Å². The number of phenolic OH excluding ortho intramolecular Hbond substituents is 1. The van der Waals surface area contributed by atoms with Gasteiger partial charge in [0.1, 0.15) is 5.75 Å². The monoisotopic (exact) mass is 538 g/mol. The molecule has 2 aliphatic heterocycles. The fourth-order valence-corrected chi connectivity index (χ4v) is 7.85. The highest BCUT2D eigenvalue weighted by molar-refractivity contribution is 6.53. The third kappa shape index (κ3) is 2.90. The topological polar surface area (TPSA) is 95.0 Å². The zero-order valence-corrected chi connectivity index (χ0v) is 21.7. The van der Waals surface area contributed by atoms with Gasteiger partial charge in [0.25, 0.3) is 11.8 Å². The largest absolute Gasteiger partial charge is 0.507 e. The predicted molar refractivity (Wildman–Crippen MR) is 137 cm³/mol. The van der Waals surface area contributed by atoms with Crippen molar-refractivity contribution in [3.05, 3.63) is 71.3 Å². The summed E-state index contributed by atoms with van der Waals surface area (Å²) < 4.78 is 0. The molecule has 6 atom stereocenters. The van der Waals surface area contributed by atoms with Crippen LogP contribution in [-0.2, 0) is 19.2 Å². The van der Waals surface area contributed by atoms with Crippen LogP contribution < -0.4 is 4.90 Å². The van der Waals surface area contributed by atoms with Crippen LogP contribution in [0.5, 0.6) is 5.75 Å². The number of nitrogens with zero attached hydrogens (tertiary/aromatic N) is 2. The summed E-state index contributed by atoms with van der Waals surface area (Å²) in [4.78, 5) is 52.7. The smallest absolute Gasteiger partial charge is 0.253 e. The van der Waals surface area contributed by atoms with Crippen LogP contribution in [-0.4, -0.2) is 50.4 Å². The number of amides is 4. The molecular weight excluding hydrogens is 515 g/mol. The molecule has 2 saturated heterocycles. The van der Waals surface area contributed by atoms with Crippen LogP contribution in [0.2, 0.25) is 0 Å². The van der Waals surface area contributed by atoms with Crippen LogP contribution in [0.3, 0.4) is 0 Å². The van der Waals surface area contributed by atoms with Crippen LogP contribution >= 0.6 is 23.2 Å². The average Bonchev–Trinajstić information content (AvgIpc) is 3.21. The van der Waals surface area contributed by atoms with Crippen molar-refractivity contribution in [3.63, 3.8) is 0 Å². The Hall–Kier alpha value is -3.16. The number of aromatic hydroxyl groups is 1. The number of halogens is 2. The highest BCUT2D eigenvalue weighted by Crippen LogP contribution is 2.66. The number of imide groups is 2. The molecule has 9 heteroatoms. The molecule has 0 spiro atoms. The first kappa shape index (κ1) is 24.2. The number of aryl methyl sites for hydroxylation is 1. The summed E-state index contributed by atoms with van der Waals surface area (Å²) in [5.74, 6) is -5.01. The second-order valence-corrected chi connectivity index (χ2v) is 11.6. The molecule has 0 bridgehead atoms. The minimum atomic E-state index is -1.91. The number of phenols is 1. The van der Waals surface area contributed by atoms with Gasteiger partial charge in [0.2, 0.25) is 11.8 Å². The van der Waals surface area contributed by atoms with Crippen LogP contribution in [0.25, 0.3) is 0 Å². The Balaban J connectivity index is 1.55. The zero-order valence-electron chi connectivity index (χ0n) is 20.2. The van der Waals surface area contributed by atoms with Crippen molar-refractivity contribution in [1.29, 1.82) is 0 Å². The van der Waals surface area contributed by atoms with E-state index in [0.717, 1.165) is 4.90 Å². The molecule has 37 heavy (non-hydrogen) atoms. The maximum absolute atomic E-state index is 13.8. The minimum absolute atomic E-state index is 0.0512. The van der Waals surface area contributed by atoms with Crippen molar-refractivity contribution < 1.29 is 24.3 Å². The summed E-state index contributed by atoms with van der Waals surface area (Å²) >= 11 is 14.2. The fraction of sp³-hybridized carbons (Fsp3) is 0.357. The predicted octanol–water partition coefficient (Wildman–Crippen LogP) is 3.89. The van der Waals surface area contributed by atoms with E-state index in [1.807, 2.05) is 6.08 Å². The van der Waals surface area contributed by atoms with Crippen LogP contribution in [0.15, 0.2) is 60.2 Å². The summed E-state index contributed by atoms with van der Waals surface area (Å²) in [5, 5.41) is 11.1. The van der Waals surface area contributed by atoms with E-state index in [1.165, 1.54) is 11.9 Å². The van der Waals surface area contributed by atoms with Gasteiger partial charge in [-0.15, -0.1) is 23.2 Å². The number of alkyl halides is 2. The zero-order chi connectivity index (χ0) is 26.4. The highest BCUT2D eigenvalue weighted by Gasteiger charge is 2.76. The van der Waals surface area contributed by atoms with Gasteiger partial charge >= 0.3 is 0 Å². The lowest BCUT2D eigenvalue weighted by atomic mass is 9.56. The molecule has 3 fully saturated rings. The van der Waals surface area contributed by atoms with Crippen LogP contribution in [0.4, 0.5) is 5.69 Å². The van der Waals surface area contributed by atoms with E-state index in [-0.39, 0.29) is 30.4 Å². The molecule has 190 valence electrons. The third-order valence-electron chi connectivity index (χ3n) is 8.61. The number of likely N-dealkylation sites (tertiary alicyclic amines) is 1. The lowest BCUT2D eigenvalue weighted by Gasteiger charge is -2.50. The minimum Gasteiger partial charge on any atom is -0.507 e. The Morgan fingerprint density at radius 1 is 0.919 bits per heavy atom. The number of anilines is 1. The molecule has 0 unspecified atom stereocenters. The van der Waals surface area contributed by atoms with Crippen molar-refractivity contribution in [2.24, 2.45) is 17.8 Å². The molecule has 4 aliphatic rings. The Morgan fingerprint density at radius 3 is 2.32 bits per heavy atom. The SMILES string of the molecule is Cc1cccc([C@H]2C3=CC[C@@H]4C(=O)N(c5ccccc5)C(=O)[C@@H]4[C@@H]3C[C@@]3(Cl)C(=O)N(C)C(=O)[C@@]23Cl)c1O. The quantitative estimate of drug-likeness (QED) is 0.355. The number of benzene rings is 2. The molecule has 2 heterocycles. The van der Waals surface area contributed by atoms with Gasteiger partial charge in [0.05, 0.1) is 17.5 Å². The maximum Gasteiger partial charge on any atom is 0.253 e. The van der Waals surface area contributed by atoms with E-state index in [4.69, 9.17) is 23.2 Å². The number of para-hydroxylation sites is 2. The second kappa shape index (κ2) is 7.92. The maximum atomic E-state index is 13.8. The number of carbonyl (C=O) groups is 4. The molecule has 2 aromatic carbocycles. The van der Waals surface area contributed by atoms with E-state index in [2.05, 4.69) is 0 Å². The molecule has 0 aromatic heterocycles. The first-order valence-corrected chi connectivity index (χ1v) is 12.9. The van der Waals surface area contributed by atoms with E-state index in [9.17, 15) is 24.3 Å². The summed E-state index contributed by atoms with van der Waals surface area (Å²) in [6, 6.07) is 13.9. The van der Waals surface area contributed by atoms with E-state index < -0.39 is 45.2 Å².